The van der Waals surface area contributed by atoms with Crippen LogP contribution in [0.5, 0.6) is 11.5 Å². The third-order valence-electron chi connectivity index (χ3n) is 5.56. The predicted molar refractivity (Wildman–Crippen MR) is 127 cm³/mol. The topological polar surface area (TPSA) is 38.8 Å². The van der Waals surface area contributed by atoms with Crippen LogP contribution in [0.3, 0.4) is 0 Å². The summed E-state index contributed by atoms with van der Waals surface area (Å²) < 4.78 is 12.0. The van der Waals surface area contributed by atoms with Gasteiger partial charge in [-0.2, -0.15) is 0 Å². The van der Waals surface area contributed by atoms with Crippen LogP contribution >= 0.6 is 34.8 Å². The number of nitrogens with zero attached hydrogens (tertiary/aromatic N) is 1. The van der Waals surface area contributed by atoms with Gasteiger partial charge in [-0.1, -0.05) is 53.0 Å². The fourth-order valence-corrected chi connectivity index (χ4v) is 4.43. The maximum atomic E-state index is 13.1. The van der Waals surface area contributed by atoms with Gasteiger partial charge >= 0.3 is 0 Å². The van der Waals surface area contributed by atoms with Crippen LogP contribution in [0.1, 0.15) is 32.6 Å². The number of hydrogen-bond acceptors (Lipinski definition) is 4. The molecular weight excluding hydrogens is 469 g/mol. The first-order chi connectivity index (χ1) is 15.4. The summed E-state index contributed by atoms with van der Waals surface area (Å²) in [6.45, 7) is 3.77. The zero-order valence-corrected chi connectivity index (χ0v) is 19.4. The second kappa shape index (κ2) is 8.45. The molecule has 2 aliphatic rings. The van der Waals surface area contributed by atoms with Crippen LogP contribution in [0, 0.1) is 6.92 Å². The molecule has 0 bridgehead atoms. The molecule has 4 nitrogen and oxygen atoms in total. The van der Waals surface area contributed by atoms with Gasteiger partial charge < -0.3 is 9.47 Å². The van der Waals surface area contributed by atoms with E-state index in [1.807, 2.05) is 37.3 Å². The molecule has 0 aliphatic carbocycles. The quantitative estimate of drug-likeness (QED) is 0.377. The zero-order valence-electron chi connectivity index (χ0n) is 17.1. The van der Waals surface area contributed by atoms with Crippen molar-refractivity contribution in [3.05, 3.63) is 97.2 Å². The molecule has 0 amide bonds. The molecule has 2 aliphatic heterocycles. The van der Waals surface area contributed by atoms with Crippen molar-refractivity contribution in [3.8, 4) is 11.5 Å². The molecule has 7 heteroatoms. The fourth-order valence-electron chi connectivity index (χ4n) is 4.00. The Hall–Kier alpha value is -2.50. The van der Waals surface area contributed by atoms with E-state index in [-0.39, 0.29) is 11.5 Å². The van der Waals surface area contributed by atoms with Crippen LogP contribution < -0.4 is 9.47 Å². The highest BCUT2D eigenvalue weighted by Crippen LogP contribution is 2.43. The van der Waals surface area contributed by atoms with Crippen LogP contribution in [-0.4, -0.2) is 17.4 Å². The van der Waals surface area contributed by atoms with E-state index in [9.17, 15) is 4.79 Å². The van der Waals surface area contributed by atoms with E-state index in [0.717, 1.165) is 34.5 Å². The zero-order chi connectivity index (χ0) is 22.4. The normalized spacial score (nSPS) is 16.5. The summed E-state index contributed by atoms with van der Waals surface area (Å²) >= 11 is 18.1. The Labute approximate surface area is 200 Å². The Bertz CT molecular complexity index is 1270. The number of benzene rings is 3. The Morgan fingerprint density at radius 3 is 2.53 bits per heavy atom. The van der Waals surface area contributed by atoms with Gasteiger partial charge in [-0.25, -0.2) is 0 Å². The third kappa shape index (κ3) is 4.00. The van der Waals surface area contributed by atoms with Crippen LogP contribution in [0.2, 0.25) is 15.1 Å². The molecule has 0 unspecified atom stereocenters. The highest BCUT2D eigenvalue weighted by atomic mass is 35.5. The van der Waals surface area contributed by atoms with Crippen molar-refractivity contribution in [2.45, 2.75) is 20.0 Å². The minimum absolute atomic E-state index is 0.160. The molecule has 0 fully saturated rings. The predicted octanol–water partition coefficient (Wildman–Crippen LogP) is 6.92. The summed E-state index contributed by atoms with van der Waals surface area (Å²) in [4.78, 5) is 15.2. The summed E-state index contributed by atoms with van der Waals surface area (Å²) in [5.74, 6) is 1.42. The lowest BCUT2D eigenvalue weighted by atomic mass is 10.00. The largest absolute Gasteiger partial charge is 0.477 e. The van der Waals surface area contributed by atoms with Crippen LogP contribution in [0.15, 0.2) is 54.3 Å². The van der Waals surface area contributed by atoms with Crippen LogP contribution in [0.25, 0.3) is 6.08 Å². The number of Topliss-reactive ketones (excluding diaryl/α,β-unsaturated/α-hetero) is 1. The molecule has 0 radical (unpaired) electrons. The fraction of sp³-hybridized carbons (Fsp3) is 0.160. The number of ketones is 1. The first-order valence-corrected chi connectivity index (χ1v) is 11.2. The maximum absolute atomic E-state index is 13.1. The monoisotopic (exact) mass is 485 g/mol. The summed E-state index contributed by atoms with van der Waals surface area (Å²) in [7, 11) is 0. The van der Waals surface area contributed by atoms with Gasteiger partial charge in [0.15, 0.2) is 5.76 Å². The van der Waals surface area contributed by atoms with Gasteiger partial charge in [0.1, 0.15) is 18.2 Å². The standard InChI is InChI=1S/C25H18Cl3NO3/c1-14-24-17(12-29(13-31-24)11-15-2-5-18(26)6-3-15)10-19-23(30)22(32-25(14)19)9-16-4-7-20(27)21(28)8-16/h2-10H,11-13H2,1H3/b22-9-. The molecule has 3 aromatic rings. The average Bonchev–Trinajstić information content (AvgIpc) is 3.08. The summed E-state index contributed by atoms with van der Waals surface area (Å²) in [6, 6.07) is 14.8. The maximum Gasteiger partial charge on any atom is 0.231 e. The first-order valence-electron chi connectivity index (χ1n) is 10.0. The van der Waals surface area contributed by atoms with Crippen molar-refractivity contribution < 1.29 is 14.3 Å². The van der Waals surface area contributed by atoms with Crippen molar-refractivity contribution in [1.82, 2.24) is 4.90 Å². The molecule has 0 N–H and O–H groups in total. The average molecular weight is 487 g/mol. The van der Waals surface area contributed by atoms with Crippen molar-refractivity contribution in [1.29, 1.82) is 0 Å². The number of carbonyl (C=O) groups excluding carboxylic acids is 1. The van der Waals surface area contributed by atoms with Crippen molar-refractivity contribution in [3.63, 3.8) is 0 Å². The Balaban J connectivity index is 1.41. The molecule has 162 valence electrons. The van der Waals surface area contributed by atoms with E-state index >= 15 is 0 Å². The molecule has 32 heavy (non-hydrogen) atoms. The van der Waals surface area contributed by atoms with E-state index in [1.54, 1.807) is 24.3 Å². The van der Waals surface area contributed by atoms with Crippen LogP contribution in [0.4, 0.5) is 0 Å². The molecule has 0 atom stereocenters. The Kier molecular flexibility index (Phi) is 5.64. The number of halogens is 3. The number of carbonyl (C=O) groups is 1. The number of fused-ring (bicyclic) bond motifs is 2. The molecule has 0 saturated carbocycles. The summed E-state index contributed by atoms with van der Waals surface area (Å²) in [5, 5.41) is 1.59. The highest BCUT2D eigenvalue weighted by Gasteiger charge is 2.33. The first kappa shape index (κ1) is 21.4. The van der Waals surface area contributed by atoms with Crippen LogP contribution in [-0.2, 0) is 13.1 Å². The van der Waals surface area contributed by atoms with Crippen molar-refractivity contribution >= 4 is 46.7 Å². The van der Waals surface area contributed by atoms with Gasteiger partial charge in [-0.3, -0.25) is 9.69 Å². The lowest BCUT2D eigenvalue weighted by Gasteiger charge is -2.30. The summed E-state index contributed by atoms with van der Waals surface area (Å²) in [5.41, 5.74) is 4.22. The van der Waals surface area contributed by atoms with Crippen molar-refractivity contribution in [2.75, 3.05) is 6.73 Å². The van der Waals surface area contributed by atoms with Gasteiger partial charge in [-0.15, -0.1) is 0 Å². The number of rotatable bonds is 3. The minimum atomic E-state index is -0.160. The second-order valence-corrected chi connectivity index (χ2v) is 9.12. The SMILES string of the molecule is Cc1c2c(cc3c1O/C(=C\c1ccc(Cl)c(Cl)c1)C3=O)CN(Cc1ccc(Cl)cc1)CO2. The third-order valence-corrected chi connectivity index (χ3v) is 6.55. The van der Waals surface area contributed by atoms with Gasteiger partial charge in [0.05, 0.1) is 15.6 Å². The number of ether oxygens (including phenoxy) is 2. The summed E-state index contributed by atoms with van der Waals surface area (Å²) in [6.07, 6.45) is 1.68. The molecular formula is C25H18Cl3NO3. The molecule has 0 aromatic heterocycles. The Morgan fingerprint density at radius 2 is 1.78 bits per heavy atom. The van der Waals surface area contributed by atoms with Gasteiger partial charge in [-0.05, 0) is 54.5 Å². The Morgan fingerprint density at radius 1 is 1.00 bits per heavy atom. The van der Waals surface area contributed by atoms with E-state index in [1.165, 1.54) is 0 Å². The lowest BCUT2D eigenvalue weighted by Crippen LogP contribution is -2.32. The van der Waals surface area contributed by atoms with Gasteiger partial charge in [0.2, 0.25) is 5.78 Å². The number of hydrogen-bond donors (Lipinski definition) is 0. The van der Waals surface area contributed by atoms with E-state index in [0.29, 0.717) is 39.7 Å². The molecule has 2 heterocycles. The van der Waals surface area contributed by atoms with E-state index in [2.05, 4.69) is 4.90 Å². The molecule has 0 spiro atoms. The van der Waals surface area contributed by atoms with Gasteiger partial charge in [0, 0.05) is 29.2 Å². The lowest BCUT2D eigenvalue weighted by molar-refractivity contribution is 0.0876. The molecule has 0 saturated heterocycles. The van der Waals surface area contributed by atoms with E-state index < -0.39 is 0 Å². The second-order valence-electron chi connectivity index (χ2n) is 7.87. The molecule has 3 aromatic carbocycles. The van der Waals surface area contributed by atoms with Crippen molar-refractivity contribution in [2.24, 2.45) is 0 Å². The highest BCUT2D eigenvalue weighted by molar-refractivity contribution is 6.42. The molecule has 5 rings (SSSR count). The minimum Gasteiger partial charge on any atom is -0.477 e. The van der Waals surface area contributed by atoms with E-state index in [4.69, 9.17) is 44.3 Å². The number of allylic oxidation sites excluding steroid dienone is 1. The van der Waals surface area contributed by atoms with Gasteiger partial charge in [0.25, 0.3) is 0 Å². The smallest absolute Gasteiger partial charge is 0.231 e.